The zero-order valence-electron chi connectivity index (χ0n) is 16.8. The van der Waals surface area contributed by atoms with Gasteiger partial charge in [0.25, 0.3) is 0 Å². The van der Waals surface area contributed by atoms with Gasteiger partial charge in [-0.05, 0) is 11.1 Å². The molecule has 0 saturated carbocycles. The Bertz CT molecular complexity index is 841. The molecule has 30 heavy (non-hydrogen) atoms. The number of esters is 1. The second-order valence-electron chi connectivity index (χ2n) is 6.49. The highest BCUT2D eigenvalue weighted by atomic mass is 16.6. The van der Waals surface area contributed by atoms with Crippen LogP contribution >= 0.6 is 0 Å². The molecule has 1 heterocycles. The molecule has 1 aromatic heterocycles. The minimum Gasteiger partial charge on any atom is -0.463 e. The van der Waals surface area contributed by atoms with E-state index < -0.39 is 5.97 Å². The van der Waals surface area contributed by atoms with Gasteiger partial charge in [-0.1, -0.05) is 60.7 Å². The Morgan fingerprint density at radius 1 is 0.933 bits per heavy atom. The fourth-order valence-corrected chi connectivity index (χ4v) is 2.69. The van der Waals surface area contributed by atoms with Crippen molar-refractivity contribution in [2.45, 2.75) is 26.0 Å². The number of nitrogens with zero attached hydrogens (tertiary/aromatic N) is 3. The quantitative estimate of drug-likeness (QED) is 0.424. The largest absolute Gasteiger partial charge is 0.463 e. The first-order valence-electron chi connectivity index (χ1n) is 9.57. The lowest BCUT2D eigenvalue weighted by Gasteiger charge is -2.19. The van der Waals surface area contributed by atoms with Crippen LogP contribution in [0.1, 0.15) is 21.7 Å². The van der Waals surface area contributed by atoms with E-state index in [-0.39, 0.29) is 18.7 Å². The van der Waals surface area contributed by atoms with E-state index in [2.05, 4.69) is 10.1 Å². The fourth-order valence-electron chi connectivity index (χ4n) is 2.69. The third-order valence-electron chi connectivity index (χ3n) is 4.25. The normalized spacial score (nSPS) is 11.0. The summed E-state index contributed by atoms with van der Waals surface area (Å²) in [5.74, 6) is -0.500. The maximum Gasteiger partial charge on any atom is 0.375 e. The van der Waals surface area contributed by atoms with E-state index in [0.29, 0.717) is 26.4 Å². The number of methoxy groups -OCH3 is 1. The van der Waals surface area contributed by atoms with Crippen LogP contribution in [0.15, 0.2) is 67.0 Å². The molecule has 0 fully saturated rings. The van der Waals surface area contributed by atoms with Crippen LogP contribution in [-0.2, 0) is 38.9 Å². The van der Waals surface area contributed by atoms with E-state index in [9.17, 15) is 4.79 Å². The van der Waals surface area contributed by atoms with Crippen molar-refractivity contribution >= 4 is 5.97 Å². The topological polar surface area (TPSA) is 84.7 Å². The number of hydrogen-bond donors (Lipinski definition) is 0. The van der Waals surface area contributed by atoms with Crippen molar-refractivity contribution in [3.63, 3.8) is 0 Å². The molecule has 0 bridgehead atoms. The van der Waals surface area contributed by atoms with Gasteiger partial charge in [0.15, 0.2) is 0 Å². The van der Waals surface area contributed by atoms with Crippen LogP contribution in [-0.4, -0.2) is 47.2 Å². The van der Waals surface area contributed by atoms with Crippen molar-refractivity contribution in [3.8, 4) is 0 Å². The van der Waals surface area contributed by atoms with Gasteiger partial charge in [-0.2, -0.15) is 5.10 Å². The molecular formula is C22H25N3O5. The van der Waals surface area contributed by atoms with Crippen LogP contribution in [0, 0.1) is 0 Å². The Morgan fingerprint density at radius 2 is 1.50 bits per heavy atom. The highest BCUT2D eigenvalue weighted by Gasteiger charge is 2.17. The molecule has 8 heteroatoms. The molecule has 0 atom stereocenters. The Balaban J connectivity index is 1.53. The van der Waals surface area contributed by atoms with Crippen LogP contribution in [0.25, 0.3) is 0 Å². The van der Waals surface area contributed by atoms with Gasteiger partial charge in [-0.25, -0.2) is 14.5 Å². The number of aromatic nitrogens is 3. The molecule has 0 saturated heterocycles. The van der Waals surface area contributed by atoms with Gasteiger partial charge in [-0.3, -0.25) is 0 Å². The molecule has 0 aliphatic rings. The molecule has 158 valence electrons. The van der Waals surface area contributed by atoms with Gasteiger partial charge < -0.3 is 18.9 Å². The highest BCUT2D eigenvalue weighted by Crippen LogP contribution is 2.07. The lowest BCUT2D eigenvalue weighted by Crippen LogP contribution is -2.28. The minimum absolute atomic E-state index is 0.0263. The zero-order valence-corrected chi connectivity index (χ0v) is 16.8. The van der Waals surface area contributed by atoms with Crippen molar-refractivity contribution in [2.75, 3.05) is 20.3 Å². The minimum atomic E-state index is -0.576. The summed E-state index contributed by atoms with van der Waals surface area (Å²) in [6, 6.07) is 19.8. The van der Waals surface area contributed by atoms with Crippen molar-refractivity contribution in [1.82, 2.24) is 14.8 Å². The monoisotopic (exact) mass is 411 g/mol. The fraction of sp³-hybridized carbons (Fsp3) is 0.318. The average Bonchev–Trinajstić information content (AvgIpc) is 3.26. The van der Waals surface area contributed by atoms with Gasteiger partial charge in [-0.15, -0.1) is 0 Å². The summed E-state index contributed by atoms with van der Waals surface area (Å²) in [6.45, 7) is 1.61. The lowest BCUT2D eigenvalue weighted by atomic mass is 10.2. The van der Waals surface area contributed by atoms with Gasteiger partial charge in [0.2, 0.25) is 5.82 Å². The summed E-state index contributed by atoms with van der Waals surface area (Å²) >= 11 is 0. The molecule has 0 aliphatic carbocycles. The molecule has 2 aromatic carbocycles. The van der Waals surface area contributed by atoms with E-state index in [1.807, 2.05) is 60.7 Å². The van der Waals surface area contributed by atoms with Crippen LogP contribution in [0.4, 0.5) is 0 Å². The number of ether oxygens (including phenoxy) is 4. The zero-order chi connectivity index (χ0) is 21.0. The third kappa shape index (κ3) is 6.77. The first-order chi connectivity index (χ1) is 14.8. The average molecular weight is 411 g/mol. The van der Waals surface area contributed by atoms with Crippen molar-refractivity contribution in [3.05, 3.63) is 83.9 Å². The molecule has 8 nitrogen and oxygen atoms in total. The second-order valence-corrected chi connectivity index (χ2v) is 6.49. The van der Waals surface area contributed by atoms with Crippen molar-refractivity contribution < 1.29 is 23.7 Å². The first-order valence-corrected chi connectivity index (χ1v) is 9.57. The van der Waals surface area contributed by atoms with Gasteiger partial charge in [0.05, 0.1) is 33.5 Å². The van der Waals surface area contributed by atoms with Gasteiger partial charge in [0, 0.05) is 0 Å². The Labute approximate surface area is 175 Å². The molecule has 0 spiro atoms. The Kier molecular flexibility index (Phi) is 8.52. The van der Waals surface area contributed by atoms with Crippen LogP contribution in [0.2, 0.25) is 0 Å². The molecule has 0 radical (unpaired) electrons. The summed E-state index contributed by atoms with van der Waals surface area (Å²) in [7, 11) is 1.29. The third-order valence-corrected chi connectivity index (χ3v) is 4.25. The number of carbonyl (C=O) groups is 1. The number of hydrogen-bond acceptors (Lipinski definition) is 7. The molecule has 0 aliphatic heterocycles. The molecule has 0 unspecified atom stereocenters. The predicted octanol–water partition coefficient (Wildman–Crippen LogP) is 2.84. The molecule has 0 N–H and O–H groups in total. The second kappa shape index (κ2) is 11.8. The number of rotatable bonds is 12. The molecule has 3 aromatic rings. The van der Waals surface area contributed by atoms with Crippen LogP contribution < -0.4 is 0 Å². The van der Waals surface area contributed by atoms with Crippen LogP contribution in [0.5, 0.6) is 0 Å². The number of benzene rings is 2. The maximum absolute atomic E-state index is 11.7. The molecule has 3 rings (SSSR count). The summed E-state index contributed by atoms with van der Waals surface area (Å²) < 4.78 is 23.6. The highest BCUT2D eigenvalue weighted by molar-refractivity contribution is 5.85. The summed E-state index contributed by atoms with van der Waals surface area (Å²) in [4.78, 5) is 15.7. The summed E-state index contributed by atoms with van der Waals surface area (Å²) in [6.07, 6.45) is 0.926. The maximum atomic E-state index is 11.7. The molecule has 0 amide bonds. The van der Waals surface area contributed by atoms with E-state index >= 15 is 0 Å². The standard InChI is InChI=1S/C22H25N3O5/c1-27-22(26)21-23-16-24-25(21)17-30-20(14-28-12-18-8-4-2-5-9-18)15-29-13-19-10-6-3-7-11-19/h2-11,16,20H,12-15,17H2,1H3. The van der Waals surface area contributed by atoms with Crippen molar-refractivity contribution in [1.29, 1.82) is 0 Å². The summed E-state index contributed by atoms with van der Waals surface area (Å²) in [5, 5.41) is 4.01. The van der Waals surface area contributed by atoms with E-state index in [1.165, 1.54) is 18.1 Å². The van der Waals surface area contributed by atoms with Gasteiger partial charge >= 0.3 is 5.97 Å². The van der Waals surface area contributed by atoms with Crippen LogP contribution in [0.3, 0.4) is 0 Å². The van der Waals surface area contributed by atoms with E-state index in [4.69, 9.17) is 18.9 Å². The van der Waals surface area contributed by atoms with E-state index in [1.54, 1.807) is 0 Å². The summed E-state index contributed by atoms with van der Waals surface area (Å²) in [5.41, 5.74) is 2.15. The lowest BCUT2D eigenvalue weighted by molar-refractivity contribution is -0.0903. The Morgan fingerprint density at radius 3 is 2.03 bits per heavy atom. The Hall–Kier alpha value is -3.07. The van der Waals surface area contributed by atoms with Crippen molar-refractivity contribution in [2.24, 2.45) is 0 Å². The van der Waals surface area contributed by atoms with E-state index in [0.717, 1.165) is 11.1 Å². The SMILES string of the molecule is COC(=O)c1ncnn1COC(COCc1ccccc1)COCc1ccccc1. The first kappa shape index (κ1) is 21.6. The predicted molar refractivity (Wildman–Crippen MR) is 108 cm³/mol. The number of carbonyl (C=O) groups excluding carboxylic acids is 1. The smallest absolute Gasteiger partial charge is 0.375 e. The van der Waals surface area contributed by atoms with Gasteiger partial charge in [0.1, 0.15) is 19.2 Å². The molecular weight excluding hydrogens is 386 g/mol.